The topological polar surface area (TPSA) is 31.4 Å². The average Bonchev–Trinajstić information content (AvgIpc) is 2.58. The fourth-order valence-electron chi connectivity index (χ4n) is 2.24. The summed E-state index contributed by atoms with van der Waals surface area (Å²) in [7, 11) is -0.619. The molecule has 5 heteroatoms. The maximum Gasteiger partial charge on any atom is 0.498 e. The summed E-state index contributed by atoms with van der Waals surface area (Å²) >= 11 is 0. The molecule has 1 saturated heterocycles. The number of benzene rings is 1. The summed E-state index contributed by atoms with van der Waals surface area (Å²) < 4.78 is 25.8. The minimum atomic E-state index is -0.683. The molecular weight excluding hydrogens is 256 g/mol. The fraction of sp³-hybridized carbons (Fsp3) is 0.333. The number of pyridine rings is 1. The average molecular weight is 272 g/mol. The molecule has 0 aliphatic carbocycles. The Morgan fingerprint density at radius 1 is 1.25 bits per heavy atom. The summed E-state index contributed by atoms with van der Waals surface area (Å²) in [4.78, 5) is 4.04. The Hall–Kier alpha value is -1.59. The van der Waals surface area contributed by atoms with Crippen molar-refractivity contribution in [3.05, 3.63) is 43.2 Å². The van der Waals surface area contributed by atoms with Crippen molar-refractivity contribution in [2.75, 3.05) is 0 Å². The van der Waals surface area contributed by atoms with Crippen molar-refractivity contribution in [3.63, 3.8) is 0 Å². The lowest BCUT2D eigenvalue weighted by Gasteiger charge is -2.25. The first kappa shape index (κ1) is 13.4. The number of aromatic nitrogens is 1. The molecule has 1 aromatic heterocycles. The van der Waals surface area contributed by atoms with Crippen LogP contribution in [0.5, 0.6) is 0 Å². The maximum atomic E-state index is 14.1. The van der Waals surface area contributed by atoms with Crippen LogP contribution in [0.3, 0.4) is 0 Å². The zero-order valence-electron chi connectivity index (χ0n) is 11.8. The third kappa shape index (κ3) is 1.98. The Bertz CT molecular complexity index is 656. The number of hydrogen-bond donors (Lipinski definition) is 0. The summed E-state index contributed by atoms with van der Waals surface area (Å²) in [5.74, 6) is -0.374. The lowest BCUT2D eigenvalue weighted by Crippen LogP contribution is -2.42. The van der Waals surface area contributed by atoms with Crippen LogP contribution in [0.15, 0.2) is 30.5 Å². The zero-order chi connectivity index (χ0) is 14.5. The second kappa shape index (κ2) is 4.20. The molecular formula is C15H16BFNO2+. The second-order valence-electron chi connectivity index (χ2n) is 5.89. The Kier molecular flexibility index (Phi) is 2.82. The van der Waals surface area contributed by atoms with Gasteiger partial charge in [-0.25, -0.2) is 4.39 Å². The predicted molar refractivity (Wildman–Crippen MR) is 77.1 cm³/mol. The lowest BCUT2D eigenvalue weighted by molar-refractivity contribution is 0.0262. The van der Waals surface area contributed by atoms with Gasteiger partial charge in [-0.2, -0.15) is 0 Å². The van der Waals surface area contributed by atoms with E-state index in [1.807, 2.05) is 32.9 Å². The molecule has 0 bridgehead atoms. The van der Waals surface area contributed by atoms with Crippen LogP contribution in [0.25, 0.3) is 10.9 Å². The Balaban J connectivity index is 2.04. The molecule has 102 valence electrons. The van der Waals surface area contributed by atoms with Crippen molar-refractivity contribution in [2.24, 2.45) is 0 Å². The van der Waals surface area contributed by atoms with Crippen molar-refractivity contribution in [2.45, 2.75) is 32.0 Å². The highest BCUT2D eigenvalue weighted by molar-refractivity contribution is 6.62. The molecule has 1 unspecified atom stereocenters. The highest BCUT2D eigenvalue weighted by Crippen LogP contribution is 2.36. The van der Waals surface area contributed by atoms with Crippen molar-refractivity contribution in [1.29, 1.82) is 0 Å². The molecule has 0 saturated carbocycles. The fourth-order valence-corrected chi connectivity index (χ4v) is 2.24. The number of hydrogen-bond acceptors (Lipinski definition) is 3. The van der Waals surface area contributed by atoms with Crippen LogP contribution in [-0.4, -0.2) is 23.3 Å². The van der Waals surface area contributed by atoms with E-state index in [2.05, 4.69) is 11.9 Å². The molecule has 3 rings (SSSR count). The molecule has 1 fully saturated rings. The number of halogens is 1. The Morgan fingerprint density at radius 3 is 2.65 bits per heavy atom. The van der Waals surface area contributed by atoms with Gasteiger partial charge < -0.3 is 9.31 Å². The van der Waals surface area contributed by atoms with Gasteiger partial charge in [-0.3, -0.25) is 4.98 Å². The smallest absolute Gasteiger partial charge is 0.395 e. The maximum absolute atomic E-state index is 14.1. The summed E-state index contributed by atoms with van der Waals surface area (Å²) in [5, 5.41) is 0.727. The monoisotopic (exact) mass is 272 g/mol. The van der Waals surface area contributed by atoms with E-state index in [1.165, 1.54) is 6.07 Å². The van der Waals surface area contributed by atoms with Gasteiger partial charge in [0.1, 0.15) is 16.9 Å². The van der Waals surface area contributed by atoms with Gasteiger partial charge in [-0.1, -0.05) is 12.1 Å². The molecule has 0 radical (unpaired) electrons. The summed E-state index contributed by atoms with van der Waals surface area (Å²) in [6.45, 7) is 9.73. The summed E-state index contributed by atoms with van der Waals surface area (Å²) in [5.41, 5.74) is -0.231. The van der Waals surface area contributed by atoms with E-state index >= 15 is 0 Å². The minimum absolute atomic E-state index is 0.353. The van der Waals surface area contributed by atoms with Gasteiger partial charge in [0.25, 0.3) is 0 Å². The van der Waals surface area contributed by atoms with Crippen molar-refractivity contribution >= 4 is 23.5 Å². The first-order valence-electron chi connectivity index (χ1n) is 6.55. The van der Waals surface area contributed by atoms with E-state index in [-0.39, 0.29) is 5.82 Å². The highest BCUT2D eigenvalue weighted by Gasteiger charge is 2.57. The number of fused-ring (bicyclic) bond motifs is 1. The van der Waals surface area contributed by atoms with Crippen LogP contribution < -0.4 is 5.46 Å². The Morgan fingerprint density at radius 2 is 2.00 bits per heavy atom. The highest BCUT2D eigenvalue weighted by atomic mass is 19.1. The van der Waals surface area contributed by atoms with Gasteiger partial charge in [-0.05, 0) is 31.4 Å². The van der Waals surface area contributed by atoms with E-state index in [9.17, 15) is 4.39 Å². The molecule has 0 N–H and O–H groups in total. The summed E-state index contributed by atoms with van der Waals surface area (Å²) in [6.07, 6.45) is 1.57. The third-order valence-electron chi connectivity index (χ3n) is 4.00. The van der Waals surface area contributed by atoms with E-state index in [0.29, 0.717) is 11.0 Å². The molecule has 2 aromatic rings. The minimum Gasteiger partial charge on any atom is -0.395 e. The van der Waals surface area contributed by atoms with Crippen molar-refractivity contribution in [1.82, 2.24) is 4.98 Å². The van der Waals surface area contributed by atoms with Crippen LogP contribution in [0, 0.1) is 12.7 Å². The standard InChI is InChI=1S/C15H16BFNO2/c1-14(2)15(3,4)20-16(19-14)11-8-10-6-5-7-18-13(10)12(17)9-11/h5-9H,1H2,2-4H3/q+1. The Labute approximate surface area is 118 Å². The van der Waals surface area contributed by atoms with Gasteiger partial charge >= 0.3 is 7.12 Å². The van der Waals surface area contributed by atoms with Crippen LogP contribution in [0.2, 0.25) is 0 Å². The lowest BCUT2D eigenvalue weighted by atomic mass is 9.78. The zero-order valence-corrected chi connectivity index (χ0v) is 11.8. The number of nitrogens with zero attached hydrogens (tertiary/aromatic N) is 1. The summed E-state index contributed by atoms with van der Waals surface area (Å²) in [6, 6.07) is 6.85. The molecule has 3 nitrogen and oxygen atoms in total. The van der Waals surface area contributed by atoms with Gasteiger partial charge in [-0.15, -0.1) is 0 Å². The third-order valence-corrected chi connectivity index (χ3v) is 4.00. The predicted octanol–water partition coefficient (Wildman–Crippen LogP) is 2.49. The van der Waals surface area contributed by atoms with E-state index in [4.69, 9.17) is 9.31 Å². The van der Waals surface area contributed by atoms with Gasteiger partial charge in [0.15, 0.2) is 0 Å². The van der Waals surface area contributed by atoms with Gasteiger partial charge in [0, 0.05) is 18.5 Å². The molecule has 1 aliphatic rings. The molecule has 1 atom stereocenters. The normalized spacial score (nSPS) is 25.3. The quantitative estimate of drug-likeness (QED) is 0.590. The molecule has 1 aromatic carbocycles. The SMILES string of the molecule is [CH2+]C1(C)OB(c2cc(F)c3ncccc3c2)OC1(C)C. The van der Waals surface area contributed by atoms with Crippen LogP contribution in [0.1, 0.15) is 20.8 Å². The first-order chi connectivity index (χ1) is 9.30. The van der Waals surface area contributed by atoms with E-state index < -0.39 is 18.3 Å². The molecule has 2 heterocycles. The largest absolute Gasteiger partial charge is 0.498 e. The molecule has 0 spiro atoms. The second-order valence-corrected chi connectivity index (χ2v) is 5.89. The van der Waals surface area contributed by atoms with Crippen molar-refractivity contribution in [3.8, 4) is 0 Å². The van der Waals surface area contributed by atoms with Crippen LogP contribution in [-0.2, 0) is 9.31 Å². The molecule has 20 heavy (non-hydrogen) atoms. The van der Waals surface area contributed by atoms with Gasteiger partial charge in [0.05, 0.1) is 6.92 Å². The van der Waals surface area contributed by atoms with Crippen molar-refractivity contribution < 1.29 is 13.7 Å². The van der Waals surface area contributed by atoms with Gasteiger partial charge in [0.2, 0.25) is 5.60 Å². The van der Waals surface area contributed by atoms with Crippen LogP contribution >= 0.6 is 0 Å². The molecule has 0 amide bonds. The number of rotatable bonds is 1. The van der Waals surface area contributed by atoms with E-state index in [0.717, 1.165) is 5.39 Å². The first-order valence-corrected chi connectivity index (χ1v) is 6.55. The molecule has 1 aliphatic heterocycles. The van der Waals surface area contributed by atoms with E-state index in [1.54, 1.807) is 12.3 Å². The van der Waals surface area contributed by atoms with Crippen LogP contribution in [0.4, 0.5) is 4.39 Å².